The summed E-state index contributed by atoms with van der Waals surface area (Å²) < 4.78 is 13.3. The summed E-state index contributed by atoms with van der Waals surface area (Å²) in [5.74, 6) is -0.214. The second-order valence-corrected chi connectivity index (χ2v) is 5.98. The van der Waals surface area contributed by atoms with Gasteiger partial charge < -0.3 is 4.90 Å². The highest BCUT2D eigenvalue weighted by molar-refractivity contribution is 6.02. The summed E-state index contributed by atoms with van der Waals surface area (Å²) in [4.78, 5) is 14.1. The molecule has 3 aromatic carbocycles. The van der Waals surface area contributed by atoms with Gasteiger partial charge in [-0.1, -0.05) is 42.5 Å². The van der Waals surface area contributed by atoms with Crippen LogP contribution in [0.5, 0.6) is 0 Å². The third-order valence-corrected chi connectivity index (χ3v) is 4.68. The molecule has 1 heterocycles. The minimum atomic E-state index is -0.258. The number of carbonyl (C=O) groups excluding carboxylic acids is 1. The third kappa shape index (κ3) is 2.20. The number of nitrogens with zero attached hydrogens (tertiary/aromatic N) is 1. The Morgan fingerprint density at radius 2 is 1.74 bits per heavy atom. The molecule has 4 rings (SSSR count). The Hall–Kier alpha value is -2.68. The minimum absolute atomic E-state index is 0.0413. The van der Waals surface area contributed by atoms with Gasteiger partial charge in [0, 0.05) is 25.1 Å². The highest BCUT2D eigenvalue weighted by Gasteiger charge is 2.31. The Kier molecular flexibility index (Phi) is 3.15. The molecular formula is C20H16FNO. The Bertz CT molecular complexity index is 901. The summed E-state index contributed by atoms with van der Waals surface area (Å²) in [6.07, 6.45) is 0.406. The summed E-state index contributed by atoms with van der Waals surface area (Å²) >= 11 is 0. The smallest absolute Gasteiger partial charge is 0.227 e. The molecule has 1 aliphatic rings. The lowest BCUT2D eigenvalue weighted by Crippen LogP contribution is -2.33. The number of halogens is 1. The average Bonchev–Trinajstić information content (AvgIpc) is 2.58. The number of hydrogen-bond acceptors (Lipinski definition) is 1. The van der Waals surface area contributed by atoms with Gasteiger partial charge >= 0.3 is 0 Å². The Balaban J connectivity index is 1.99. The van der Waals surface area contributed by atoms with Crippen LogP contribution in [0.25, 0.3) is 10.8 Å². The van der Waals surface area contributed by atoms with Gasteiger partial charge in [-0.15, -0.1) is 0 Å². The van der Waals surface area contributed by atoms with E-state index in [1.807, 2.05) is 31.3 Å². The molecule has 1 amide bonds. The molecule has 0 saturated carbocycles. The molecule has 0 radical (unpaired) electrons. The van der Waals surface area contributed by atoms with Crippen molar-refractivity contribution in [2.24, 2.45) is 0 Å². The van der Waals surface area contributed by atoms with Crippen LogP contribution < -0.4 is 4.90 Å². The lowest BCUT2D eigenvalue weighted by Gasteiger charge is -2.33. The molecule has 1 aliphatic heterocycles. The molecular weight excluding hydrogens is 289 g/mol. The van der Waals surface area contributed by atoms with E-state index in [9.17, 15) is 9.18 Å². The second kappa shape index (κ2) is 5.20. The van der Waals surface area contributed by atoms with Gasteiger partial charge in [0.1, 0.15) is 5.82 Å². The van der Waals surface area contributed by atoms with Gasteiger partial charge in [0.25, 0.3) is 0 Å². The topological polar surface area (TPSA) is 20.3 Å². The molecule has 1 unspecified atom stereocenters. The number of benzene rings is 3. The van der Waals surface area contributed by atoms with E-state index in [1.165, 1.54) is 12.1 Å². The molecule has 0 bridgehead atoms. The van der Waals surface area contributed by atoms with Crippen molar-refractivity contribution in [3.05, 3.63) is 77.6 Å². The predicted molar refractivity (Wildman–Crippen MR) is 90.2 cm³/mol. The van der Waals surface area contributed by atoms with Gasteiger partial charge in [0.15, 0.2) is 0 Å². The first-order valence-electron chi connectivity index (χ1n) is 7.69. The first-order valence-corrected chi connectivity index (χ1v) is 7.69. The molecule has 3 aromatic rings. The lowest BCUT2D eigenvalue weighted by molar-refractivity contribution is -0.118. The van der Waals surface area contributed by atoms with Crippen LogP contribution in [0.15, 0.2) is 60.7 Å². The Morgan fingerprint density at radius 1 is 1.00 bits per heavy atom. The maximum Gasteiger partial charge on any atom is 0.227 e. The summed E-state index contributed by atoms with van der Waals surface area (Å²) in [5.41, 5.74) is 3.07. The molecule has 0 saturated heterocycles. The molecule has 0 fully saturated rings. The molecule has 1 atom stereocenters. The predicted octanol–water partition coefficient (Wildman–Crippen LogP) is 4.48. The van der Waals surface area contributed by atoms with Crippen molar-refractivity contribution in [3.8, 4) is 0 Å². The van der Waals surface area contributed by atoms with Crippen molar-refractivity contribution in [1.29, 1.82) is 0 Å². The van der Waals surface area contributed by atoms with E-state index in [4.69, 9.17) is 0 Å². The molecule has 23 heavy (non-hydrogen) atoms. The minimum Gasteiger partial charge on any atom is -0.315 e. The van der Waals surface area contributed by atoms with Crippen LogP contribution in [0.2, 0.25) is 0 Å². The number of rotatable bonds is 1. The van der Waals surface area contributed by atoms with E-state index in [1.54, 1.807) is 17.0 Å². The zero-order valence-corrected chi connectivity index (χ0v) is 12.8. The van der Waals surface area contributed by atoms with Gasteiger partial charge in [-0.05, 0) is 40.1 Å². The second-order valence-electron chi connectivity index (χ2n) is 5.98. The van der Waals surface area contributed by atoms with E-state index >= 15 is 0 Å². The number of fused-ring (bicyclic) bond motifs is 3. The maximum atomic E-state index is 13.3. The number of hydrogen-bond donors (Lipinski definition) is 0. The zero-order valence-electron chi connectivity index (χ0n) is 12.8. The maximum absolute atomic E-state index is 13.3. The fourth-order valence-corrected chi connectivity index (χ4v) is 3.47. The quantitative estimate of drug-likeness (QED) is 0.649. The lowest BCUT2D eigenvalue weighted by atomic mass is 9.81. The van der Waals surface area contributed by atoms with E-state index in [0.29, 0.717) is 6.42 Å². The first-order chi connectivity index (χ1) is 11.1. The van der Waals surface area contributed by atoms with E-state index in [0.717, 1.165) is 27.6 Å². The summed E-state index contributed by atoms with van der Waals surface area (Å²) in [5, 5.41) is 2.31. The number of amides is 1. The molecule has 2 nitrogen and oxygen atoms in total. The zero-order chi connectivity index (χ0) is 16.0. The molecule has 0 aromatic heterocycles. The first kappa shape index (κ1) is 13.9. The van der Waals surface area contributed by atoms with Crippen LogP contribution in [-0.4, -0.2) is 13.0 Å². The standard InChI is InChI=1S/C20H16FNO/c1-22-18-11-8-13-4-2-3-5-16(13)20(18)17(12-19(22)23)14-6-9-15(21)10-7-14/h2-11,17H,12H2,1H3. The number of carbonyl (C=O) groups is 1. The van der Waals surface area contributed by atoms with Crippen LogP contribution in [0, 0.1) is 5.82 Å². The summed E-state index contributed by atoms with van der Waals surface area (Å²) in [7, 11) is 1.82. The normalized spacial score (nSPS) is 17.4. The van der Waals surface area contributed by atoms with E-state index < -0.39 is 0 Å². The molecule has 0 spiro atoms. The average molecular weight is 305 g/mol. The van der Waals surface area contributed by atoms with Crippen LogP contribution in [0.1, 0.15) is 23.5 Å². The Labute approximate surface area is 134 Å². The molecule has 0 N–H and O–H groups in total. The number of anilines is 1. The van der Waals surface area contributed by atoms with E-state index in [-0.39, 0.29) is 17.6 Å². The fourth-order valence-electron chi connectivity index (χ4n) is 3.47. The van der Waals surface area contributed by atoms with Crippen molar-refractivity contribution < 1.29 is 9.18 Å². The van der Waals surface area contributed by atoms with Crippen molar-refractivity contribution in [3.63, 3.8) is 0 Å². The van der Waals surface area contributed by atoms with Crippen LogP contribution in [0.3, 0.4) is 0 Å². The van der Waals surface area contributed by atoms with Crippen LogP contribution >= 0.6 is 0 Å². The third-order valence-electron chi connectivity index (χ3n) is 4.68. The van der Waals surface area contributed by atoms with Gasteiger partial charge in [-0.25, -0.2) is 4.39 Å². The van der Waals surface area contributed by atoms with Crippen LogP contribution in [-0.2, 0) is 4.79 Å². The molecule has 0 aliphatic carbocycles. The van der Waals surface area contributed by atoms with Gasteiger partial charge in [0.05, 0.1) is 0 Å². The van der Waals surface area contributed by atoms with Crippen LogP contribution in [0.4, 0.5) is 10.1 Å². The van der Waals surface area contributed by atoms with E-state index in [2.05, 4.69) is 12.1 Å². The monoisotopic (exact) mass is 305 g/mol. The molecule has 3 heteroatoms. The molecule has 114 valence electrons. The largest absolute Gasteiger partial charge is 0.315 e. The van der Waals surface area contributed by atoms with Crippen molar-refractivity contribution >= 4 is 22.4 Å². The van der Waals surface area contributed by atoms with Crippen molar-refractivity contribution in [2.75, 3.05) is 11.9 Å². The van der Waals surface area contributed by atoms with Crippen molar-refractivity contribution in [1.82, 2.24) is 0 Å². The SMILES string of the molecule is CN1C(=O)CC(c2ccc(F)cc2)c2c1ccc1ccccc21. The van der Waals surface area contributed by atoms with Gasteiger partial charge in [0.2, 0.25) is 5.91 Å². The summed E-state index contributed by atoms with van der Waals surface area (Å²) in [6, 6.07) is 18.7. The highest BCUT2D eigenvalue weighted by Crippen LogP contribution is 2.43. The van der Waals surface area contributed by atoms with Gasteiger partial charge in [-0.2, -0.15) is 0 Å². The fraction of sp³-hybridized carbons (Fsp3) is 0.150. The summed E-state index contributed by atoms with van der Waals surface area (Å²) in [6.45, 7) is 0. The highest BCUT2D eigenvalue weighted by atomic mass is 19.1. The Morgan fingerprint density at radius 3 is 2.52 bits per heavy atom. The van der Waals surface area contributed by atoms with Crippen molar-refractivity contribution in [2.45, 2.75) is 12.3 Å². The van der Waals surface area contributed by atoms with Gasteiger partial charge in [-0.3, -0.25) is 4.79 Å².